The van der Waals surface area contributed by atoms with Crippen molar-refractivity contribution in [3.8, 4) is 0 Å². The number of unbranched alkanes of at least 4 members (excludes halogenated alkanes) is 1. The van der Waals surface area contributed by atoms with Gasteiger partial charge in [0.05, 0.1) is 5.70 Å². The van der Waals surface area contributed by atoms with Gasteiger partial charge in [0.25, 0.3) is 0 Å². The van der Waals surface area contributed by atoms with Crippen molar-refractivity contribution in [2.45, 2.75) is 58.8 Å². The van der Waals surface area contributed by atoms with Crippen LogP contribution in [0, 0.1) is 5.92 Å². The fraction of sp³-hybridized carbons (Fsp3) is 0.406. The highest BCUT2D eigenvalue weighted by molar-refractivity contribution is 6.29. The quantitative estimate of drug-likeness (QED) is 0.231. The maximum absolute atomic E-state index is 6.16. The molecule has 1 aliphatic carbocycles. The molecule has 0 aromatic carbocycles. The van der Waals surface area contributed by atoms with E-state index in [2.05, 4.69) is 76.8 Å². The van der Waals surface area contributed by atoms with Gasteiger partial charge in [-0.2, -0.15) is 0 Å². The molecule has 4 nitrogen and oxygen atoms in total. The van der Waals surface area contributed by atoms with Gasteiger partial charge in [-0.1, -0.05) is 74.0 Å². The molecule has 1 aromatic rings. The highest BCUT2D eigenvalue weighted by Gasteiger charge is 2.23. The lowest BCUT2D eigenvalue weighted by Gasteiger charge is -2.34. The Balaban J connectivity index is 0.000000402. The minimum absolute atomic E-state index is 0.520. The van der Waals surface area contributed by atoms with Crippen LogP contribution in [-0.2, 0) is 6.42 Å². The predicted octanol–water partition coefficient (Wildman–Crippen LogP) is 7.78. The number of nitrogens with one attached hydrogen (secondary N) is 2. The van der Waals surface area contributed by atoms with Gasteiger partial charge in [0.15, 0.2) is 0 Å². The SMILES string of the molecule is C=C/C=C(\C=C/C)N(NC)/C(=C\CC1=CC=C(Cl)CC=C1)C1CCNCC1.CCCCc1ccccn1. The number of hydrogen-bond acceptors (Lipinski definition) is 4. The summed E-state index contributed by atoms with van der Waals surface area (Å²) in [7, 11) is 1.97. The van der Waals surface area contributed by atoms with Crippen LogP contribution in [0.5, 0.6) is 0 Å². The number of hydrogen-bond donors (Lipinski definition) is 2. The lowest BCUT2D eigenvalue weighted by molar-refractivity contribution is 0.275. The molecule has 2 N–H and O–H groups in total. The summed E-state index contributed by atoms with van der Waals surface area (Å²) < 4.78 is 0. The number of nitrogens with zero attached hydrogens (tertiary/aromatic N) is 2. The fourth-order valence-corrected chi connectivity index (χ4v) is 4.52. The van der Waals surface area contributed by atoms with Crippen LogP contribution in [0.3, 0.4) is 0 Å². The third-order valence-electron chi connectivity index (χ3n) is 6.31. The van der Waals surface area contributed by atoms with E-state index in [-0.39, 0.29) is 0 Å². The van der Waals surface area contributed by atoms with Gasteiger partial charge in [-0.25, -0.2) is 5.43 Å². The first-order valence-electron chi connectivity index (χ1n) is 13.6. The number of piperidine rings is 1. The van der Waals surface area contributed by atoms with Crippen molar-refractivity contribution in [1.29, 1.82) is 0 Å². The third-order valence-corrected chi connectivity index (χ3v) is 6.59. The molecule has 0 atom stereocenters. The summed E-state index contributed by atoms with van der Waals surface area (Å²) in [5.41, 5.74) is 8.28. The number of hydrazine groups is 1. The van der Waals surface area contributed by atoms with Crippen molar-refractivity contribution in [2.75, 3.05) is 20.1 Å². The van der Waals surface area contributed by atoms with Crippen molar-refractivity contribution in [3.05, 3.63) is 113 Å². The minimum Gasteiger partial charge on any atom is -0.317 e. The lowest BCUT2D eigenvalue weighted by Crippen LogP contribution is -2.39. The van der Waals surface area contributed by atoms with Crippen LogP contribution in [0.25, 0.3) is 0 Å². The van der Waals surface area contributed by atoms with Gasteiger partial charge in [0.2, 0.25) is 0 Å². The topological polar surface area (TPSA) is 40.2 Å². The van der Waals surface area contributed by atoms with Gasteiger partial charge in [-0.15, -0.1) is 0 Å². The zero-order valence-corrected chi connectivity index (χ0v) is 23.7. The minimum atomic E-state index is 0.520. The maximum Gasteiger partial charge on any atom is 0.0570 e. The Kier molecular flexibility index (Phi) is 15.3. The summed E-state index contributed by atoms with van der Waals surface area (Å²) in [5, 5.41) is 6.54. The zero-order chi connectivity index (χ0) is 26.7. The molecule has 37 heavy (non-hydrogen) atoms. The van der Waals surface area contributed by atoms with Gasteiger partial charge in [0.1, 0.15) is 0 Å². The van der Waals surface area contributed by atoms with E-state index in [9.17, 15) is 0 Å². The molecule has 2 aliphatic rings. The van der Waals surface area contributed by atoms with Crippen molar-refractivity contribution in [3.63, 3.8) is 0 Å². The highest BCUT2D eigenvalue weighted by atomic mass is 35.5. The Morgan fingerprint density at radius 3 is 2.73 bits per heavy atom. The summed E-state index contributed by atoms with van der Waals surface area (Å²) in [5.74, 6) is 0.520. The summed E-state index contributed by atoms with van der Waals surface area (Å²) >= 11 is 6.16. The van der Waals surface area contributed by atoms with Gasteiger partial charge in [-0.3, -0.25) is 9.99 Å². The Morgan fingerprint density at radius 1 is 1.27 bits per heavy atom. The second-order valence-electron chi connectivity index (χ2n) is 9.13. The average molecular weight is 521 g/mol. The van der Waals surface area contributed by atoms with Crippen molar-refractivity contribution in [1.82, 2.24) is 20.7 Å². The third kappa shape index (κ3) is 11.5. The molecule has 3 rings (SSSR count). The Morgan fingerprint density at radius 2 is 2.08 bits per heavy atom. The van der Waals surface area contributed by atoms with Crippen molar-refractivity contribution < 1.29 is 0 Å². The van der Waals surface area contributed by atoms with E-state index in [4.69, 9.17) is 11.6 Å². The van der Waals surface area contributed by atoms with Crippen LogP contribution in [0.4, 0.5) is 0 Å². The average Bonchev–Trinajstić information content (AvgIpc) is 3.15. The number of pyridine rings is 1. The molecule has 0 bridgehead atoms. The molecule has 0 spiro atoms. The maximum atomic E-state index is 6.16. The predicted molar refractivity (Wildman–Crippen MR) is 161 cm³/mol. The molecule has 1 saturated heterocycles. The number of aromatic nitrogens is 1. The molecule has 1 aromatic heterocycles. The summed E-state index contributed by atoms with van der Waals surface area (Å²) in [6.45, 7) is 10.2. The fourth-order valence-electron chi connectivity index (χ4n) is 4.37. The van der Waals surface area contributed by atoms with E-state index < -0.39 is 0 Å². The van der Waals surface area contributed by atoms with E-state index in [1.54, 1.807) is 0 Å². The second-order valence-corrected chi connectivity index (χ2v) is 9.62. The summed E-state index contributed by atoms with van der Waals surface area (Å²) in [6.07, 6.45) is 28.3. The highest BCUT2D eigenvalue weighted by Crippen LogP contribution is 2.28. The Bertz CT molecular complexity index is 979. The summed E-state index contributed by atoms with van der Waals surface area (Å²) in [6, 6.07) is 6.07. The van der Waals surface area contributed by atoms with Crippen LogP contribution < -0.4 is 10.7 Å². The molecule has 0 radical (unpaired) electrons. The summed E-state index contributed by atoms with van der Waals surface area (Å²) in [4.78, 5) is 4.22. The molecule has 1 aliphatic heterocycles. The van der Waals surface area contributed by atoms with Crippen molar-refractivity contribution in [2.24, 2.45) is 5.92 Å². The molecular weight excluding hydrogens is 476 g/mol. The molecule has 2 heterocycles. The van der Waals surface area contributed by atoms with Crippen molar-refractivity contribution >= 4 is 11.6 Å². The van der Waals surface area contributed by atoms with Crippen LogP contribution >= 0.6 is 11.6 Å². The molecular formula is C32H45ClN4. The van der Waals surface area contributed by atoms with Gasteiger partial charge in [-0.05, 0) is 88.1 Å². The smallest absolute Gasteiger partial charge is 0.0570 e. The molecule has 0 saturated carbocycles. The Hall–Kier alpha value is -2.66. The molecule has 0 unspecified atom stereocenters. The largest absolute Gasteiger partial charge is 0.317 e. The van der Waals surface area contributed by atoms with Crippen LogP contribution in [-0.4, -0.2) is 30.1 Å². The first-order chi connectivity index (χ1) is 18.1. The first-order valence-corrected chi connectivity index (χ1v) is 14.0. The number of allylic oxidation sites excluding steroid dienone is 12. The van der Waals surface area contributed by atoms with E-state index in [1.165, 1.54) is 29.8 Å². The zero-order valence-electron chi connectivity index (χ0n) is 22.9. The van der Waals surface area contributed by atoms with Gasteiger partial charge >= 0.3 is 0 Å². The molecule has 0 amide bonds. The molecule has 5 heteroatoms. The second kappa shape index (κ2) is 18.6. The van der Waals surface area contributed by atoms with Crippen LogP contribution in [0.2, 0.25) is 0 Å². The van der Waals surface area contributed by atoms with E-state index in [0.29, 0.717) is 5.92 Å². The normalized spacial score (nSPS) is 17.0. The van der Waals surface area contributed by atoms with Crippen LogP contribution in [0.1, 0.15) is 58.1 Å². The van der Waals surface area contributed by atoms with Gasteiger partial charge in [0, 0.05) is 42.0 Å². The van der Waals surface area contributed by atoms with Gasteiger partial charge < -0.3 is 5.32 Å². The van der Waals surface area contributed by atoms with E-state index in [0.717, 1.165) is 55.9 Å². The monoisotopic (exact) mass is 520 g/mol. The number of rotatable bonds is 11. The van der Waals surface area contributed by atoms with E-state index >= 15 is 0 Å². The van der Waals surface area contributed by atoms with E-state index in [1.807, 2.05) is 50.5 Å². The van der Waals surface area contributed by atoms with Crippen LogP contribution in [0.15, 0.2) is 108 Å². The standard InChI is InChI=1S/C23H32ClN3.C9H13N/c1-4-7-22(8-5-2)27(25-3)23(20-15-17-26-18-16-20)14-12-19-9-6-10-21(24)13-11-19;1-2-3-6-9-7-4-5-8-10-9/h4-9,11,13-14,20,25-26H,1,10,12,15-18H2,2-3H3;4-5,7-8H,2-3,6H2,1H3/b8-5-,22-7+,23-14-;. The number of aryl methyl sites for hydroxylation is 1. The number of halogens is 1. The molecule has 200 valence electrons. The lowest BCUT2D eigenvalue weighted by atomic mass is 9.92. The Labute approximate surface area is 230 Å². The molecule has 1 fully saturated rings. The first kappa shape index (κ1) is 30.6.